The van der Waals surface area contributed by atoms with Gasteiger partial charge in [0, 0.05) is 0 Å². The largest absolute Gasteiger partial charge is 0.469 e. The van der Waals surface area contributed by atoms with Crippen molar-refractivity contribution in [1.82, 2.24) is 0 Å². The smallest absolute Gasteiger partial charge is 0.160 e. The van der Waals surface area contributed by atoms with Gasteiger partial charge >= 0.3 is 0 Å². The van der Waals surface area contributed by atoms with E-state index in [0.717, 1.165) is 12.8 Å². The summed E-state index contributed by atoms with van der Waals surface area (Å²) in [6.45, 7) is 1.83. The monoisotopic (exact) mass is 193 g/mol. The van der Waals surface area contributed by atoms with Crippen molar-refractivity contribution in [2.75, 3.05) is 0 Å². The maximum absolute atomic E-state index is 11.8. The van der Waals surface area contributed by atoms with Gasteiger partial charge in [-0.1, -0.05) is 0 Å². The van der Waals surface area contributed by atoms with Crippen molar-refractivity contribution >= 4 is 5.78 Å². The molecule has 0 amide bonds. The number of nitrogens with two attached hydrogens (primary N) is 1. The summed E-state index contributed by atoms with van der Waals surface area (Å²) in [6, 6.07) is 3.59. The molecule has 14 heavy (non-hydrogen) atoms. The number of rotatable bonds is 4. The second-order valence-electron chi connectivity index (χ2n) is 4.24. The molecule has 1 heterocycles. The van der Waals surface area contributed by atoms with E-state index in [0.29, 0.717) is 18.1 Å². The molecular weight excluding hydrogens is 178 g/mol. The van der Waals surface area contributed by atoms with Gasteiger partial charge < -0.3 is 10.2 Å². The van der Waals surface area contributed by atoms with E-state index >= 15 is 0 Å². The average Bonchev–Trinajstić information content (AvgIpc) is 2.88. The van der Waals surface area contributed by atoms with Crippen molar-refractivity contribution in [2.45, 2.75) is 31.7 Å². The third-order valence-electron chi connectivity index (χ3n) is 2.94. The lowest BCUT2D eigenvalue weighted by molar-refractivity contribution is -0.123. The Bertz CT molecular complexity index is 323. The van der Waals surface area contributed by atoms with Crippen molar-refractivity contribution in [3.05, 3.63) is 24.2 Å². The van der Waals surface area contributed by atoms with Gasteiger partial charge in [0.1, 0.15) is 5.76 Å². The van der Waals surface area contributed by atoms with Crippen LogP contribution in [0.15, 0.2) is 22.8 Å². The first-order valence-electron chi connectivity index (χ1n) is 4.95. The van der Waals surface area contributed by atoms with Crippen LogP contribution in [0.1, 0.15) is 25.5 Å². The Kier molecular flexibility index (Phi) is 2.19. The van der Waals surface area contributed by atoms with Gasteiger partial charge in [-0.25, -0.2) is 0 Å². The van der Waals surface area contributed by atoms with Gasteiger partial charge in [0.05, 0.1) is 18.2 Å². The summed E-state index contributed by atoms with van der Waals surface area (Å²) in [5.41, 5.74) is 5.33. The van der Waals surface area contributed by atoms with Crippen LogP contribution in [-0.4, -0.2) is 11.3 Å². The Morgan fingerprint density at radius 3 is 2.93 bits per heavy atom. The molecule has 1 unspecified atom stereocenters. The van der Waals surface area contributed by atoms with E-state index in [1.807, 2.05) is 6.92 Å². The summed E-state index contributed by atoms with van der Waals surface area (Å²) >= 11 is 0. The van der Waals surface area contributed by atoms with Gasteiger partial charge in [-0.05, 0) is 37.8 Å². The summed E-state index contributed by atoms with van der Waals surface area (Å²) in [6.07, 6.45) is 4.05. The number of carbonyl (C=O) groups is 1. The SMILES string of the molecule is CC(N)(C(=O)Cc1ccco1)C1CC1. The molecule has 0 aromatic carbocycles. The van der Waals surface area contributed by atoms with Crippen LogP contribution in [-0.2, 0) is 11.2 Å². The summed E-state index contributed by atoms with van der Waals surface area (Å²) in [5.74, 6) is 1.16. The minimum Gasteiger partial charge on any atom is -0.469 e. The van der Waals surface area contributed by atoms with E-state index in [4.69, 9.17) is 10.2 Å². The molecule has 0 spiro atoms. The lowest BCUT2D eigenvalue weighted by atomic mass is 9.89. The number of furan rings is 1. The molecule has 3 nitrogen and oxygen atoms in total. The fourth-order valence-electron chi connectivity index (χ4n) is 1.67. The molecule has 1 aliphatic carbocycles. The van der Waals surface area contributed by atoms with Crippen LogP contribution in [0.2, 0.25) is 0 Å². The molecular formula is C11H15NO2. The van der Waals surface area contributed by atoms with E-state index in [9.17, 15) is 4.79 Å². The maximum atomic E-state index is 11.8. The Labute approximate surface area is 83.3 Å². The third kappa shape index (κ3) is 1.73. The molecule has 0 bridgehead atoms. The first-order chi connectivity index (χ1) is 6.60. The molecule has 1 aliphatic rings. The summed E-state index contributed by atoms with van der Waals surface area (Å²) in [5, 5.41) is 0. The number of carbonyl (C=O) groups excluding carboxylic acids is 1. The van der Waals surface area contributed by atoms with Crippen molar-refractivity contribution in [3.8, 4) is 0 Å². The Morgan fingerprint density at radius 2 is 2.43 bits per heavy atom. The van der Waals surface area contributed by atoms with E-state index in [1.54, 1.807) is 18.4 Å². The van der Waals surface area contributed by atoms with Crippen molar-refractivity contribution in [2.24, 2.45) is 11.7 Å². The zero-order chi connectivity index (χ0) is 10.2. The van der Waals surface area contributed by atoms with Gasteiger partial charge in [0.2, 0.25) is 0 Å². The quantitative estimate of drug-likeness (QED) is 0.788. The van der Waals surface area contributed by atoms with Gasteiger partial charge in [-0.3, -0.25) is 4.79 Å². The second-order valence-corrected chi connectivity index (χ2v) is 4.24. The van der Waals surface area contributed by atoms with Crippen LogP contribution in [0.25, 0.3) is 0 Å². The molecule has 1 aromatic rings. The molecule has 1 atom stereocenters. The third-order valence-corrected chi connectivity index (χ3v) is 2.94. The lowest BCUT2D eigenvalue weighted by Gasteiger charge is -2.21. The highest BCUT2D eigenvalue weighted by Gasteiger charge is 2.43. The Hall–Kier alpha value is -1.09. The van der Waals surface area contributed by atoms with Gasteiger partial charge in [0.25, 0.3) is 0 Å². The number of Topliss-reactive ketones (excluding diaryl/α,β-unsaturated/α-hetero) is 1. The van der Waals surface area contributed by atoms with Crippen LogP contribution in [0.3, 0.4) is 0 Å². The molecule has 2 rings (SSSR count). The van der Waals surface area contributed by atoms with Crippen LogP contribution in [0, 0.1) is 5.92 Å². The van der Waals surface area contributed by atoms with Crippen molar-refractivity contribution < 1.29 is 9.21 Å². The number of hydrogen-bond acceptors (Lipinski definition) is 3. The van der Waals surface area contributed by atoms with Crippen LogP contribution >= 0.6 is 0 Å². The van der Waals surface area contributed by atoms with Gasteiger partial charge in [-0.15, -0.1) is 0 Å². The van der Waals surface area contributed by atoms with Crippen LogP contribution in [0.5, 0.6) is 0 Å². The molecule has 76 valence electrons. The van der Waals surface area contributed by atoms with Crippen molar-refractivity contribution in [1.29, 1.82) is 0 Å². The van der Waals surface area contributed by atoms with Crippen LogP contribution < -0.4 is 5.73 Å². The Morgan fingerprint density at radius 1 is 1.71 bits per heavy atom. The summed E-state index contributed by atoms with van der Waals surface area (Å²) in [4.78, 5) is 11.8. The fraction of sp³-hybridized carbons (Fsp3) is 0.545. The summed E-state index contributed by atoms with van der Waals surface area (Å²) < 4.78 is 5.12. The second kappa shape index (κ2) is 3.24. The average molecular weight is 193 g/mol. The highest BCUT2D eigenvalue weighted by Crippen LogP contribution is 2.38. The van der Waals surface area contributed by atoms with Gasteiger partial charge in [-0.2, -0.15) is 0 Å². The Balaban J connectivity index is 2.01. The predicted molar refractivity (Wildman–Crippen MR) is 52.7 cm³/mol. The maximum Gasteiger partial charge on any atom is 0.160 e. The molecule has 2 N–H and O–H groups in total. The minimum atomic E-state index is -0.660. The highest BCUT2D eigenvalue weighted by atomic mass is 16.3. The normalized spacial score (nSPS) is 20.4. The molecule has 0 aliphatic heterocycles. The standard InChI is InChI=1S/C11H15NO2/c1-11(12,8-4-5-8)10(13)7-9-3-2-6-14-9/h2-3,6,8H,4-5,7,12H2,1H3. The summed E-state index contributed by atoms with van der Waals surface area (Å²) in [7, 11) is 0. The fourth-order valence-corrected chi connectivity index (χ4v) is 1.67. The van der Waals surface area contributed by atoms with E-state index in [-0.39, 0.29) is 5.78 Å². The van der Waals surface area contributed by atoms with Gasteiger partial charge in [0.15, 0.2) is 5.78 Å². The first-order valence-corrected chi connectivity index (χ1v) is 4.95. The van der Waals surface area contributed by atoms with Crippen molar-refractivity contribution in [3.63, 3.8) is 0 Å². The van der Waals surface area contributed by atoms with Crippen LogP contribution in [0.4, 0.5) is 0 Å². The predicted octanol–water partition coefficient (Wildman–Crippen LogP) is 1.52. The lowest BCUT2D eigenvalue weighted by Crippen LogP contribution is -2.47. The molecule has 0 saturated heterocycles. The van der Waals surface area contributed by atoms with E-state index < -0.39 is 5.54 Å². The number of hydrogen-bond donors (Lipinski definition) is 1. The van der Waals surface area contributed by atoms with E-state index in [2.05, 4.69) is 0 Å². The molecule has 1 aromatic heterocycles. The minimum absolute atomic E-state index is 0.0787. The first kappa shape index (κ1) is 9.46. The molecule has 1 saturated carbocycles. The zero-order valence-corrected chi connectivity index (χ0v) is 8.32. The molecule has 0 radical (unpaired) electrons. The molecule has 1 fully saturated rings. The highest BCUT2D eigenvalue weighted by molar-refractivity contribution is 5.89. The number of ketones is 1. The molecule has 3 heteroatoms. The van der Waals surface area contributed by atoms with E-state index in [1.165, 1.54) is 0 Å². The topological polar surface area (TPSA) is 56.2 Å². The zero-order valence-electron chi connectivity index (χ0n) is 8.32.